The Bertz CT molecular complexity index is 588. The van der Waals surface area contributed by atoms with Crippen LogP contribution in [0.25, 0.3) is 0 Å². The minimum absolute atomic E-state index is 0. The Hall–Kier alpha value is -0.498. The van der Waals surface area contributed by atoms with Crippen LogP contribution in [-0.4, -0.2) is 68.2 Å². The van der Waals surface area contributed by atoms with Gasteiger partial charge in [-0.3, -0.25) is 9.67 Å². The van der Waals surface area contributed by atoms with Crippen LogP contribution in [0.1, 0.15) is 19.4 Å². The van der Waals surface area contributed by atoms with Crippen LogP contribution < -0.4 is 5.32 Å². The number of ether oxygens (including phenoxy) is 2. The summed E-state index contributed by atoms with van der Waals surface area (Å²) in [7, 11) is 1.62. The second kappa shape index (κ2) is 6.43. The third kappa shape index (κ3) is 2.65. The number of methoxy groups -OCH3 is 1. The van der Waals surface area contributed by atoms with Gasteiger partial charge in [-0.2, -0.15) is 0 Å². The first-order chi connectivity index (χ1) is 10.7. The van der Waals surface area contributed by atoms with Gasteiger partial charge in [0.2, 0.25) is 0 Å². The summed E-state index contributed by atoms with van der Waals surface area (Å²) in [4.78, 5) is 4.40. The maximum Gasteiger partial charge on any atom is 0.159 e. The summed E-state index contributed by atoms with van der Waals surface area (Å²) in [5, 5.41) is 22.6. The molecule has 1 spiro atoms. The van der Waals surface area contributed by atoms with Crippen molar-refractivity contribution in [1.82, 2.24) is 20.3 Å². The Kier molecular flexibility index (Phi) is 4.84. The molecule has 8 nitrogen and oxygen atoms in total. The van der Waals surface area contributed by atoms with Crippen LogP contribution >= 0.6 is 11.8 Å². The van der Waals surface area contributed by atoms with E-state index in [2.05, 4.69) is 26.8 Å². The molecule has 0 bridgehead atoms. The molecule has 1 radical (unpaired) electrons. The number of fused-ring (bicyclic) bond motifs is 1. The molecule has 3 fully saturated rings. The van der Waals surface area contributed by atoms with Crippen LogP contribution in [-0.2, 0) is 29.9 Å². The van der Waals surface area contributed by atoms with E-state index in [1.165, 1.54) is 0 Å². The van der Waals surface area contributed by atoms with E-state index in [1.807, 2.05) is 6.92 Å². The quantitative estimate of drug-likeness (QED) is 0.534. The van der Waals surface area contributed by atoms with Gasteiger partial charge in [0.15, 0.2) is 5.17 Å². The van der Waals surface area contributed by atoms with Crippen LogP contribution in [0.15, 0.2) is 11.2 Å². The molecule has 6 atom stereocenters. The summed E-state index contributed by atoms with van der Waals surface area (Å²) >= 11 is 1.55. The molecular weight excluding hydrogens is 492 g/mol. The normalized spacial score (nSPS) is 43.1. The number of rotatable bonds is 3. The molecule has 1 saturated carbocycles. The number of amidine groups is 1. The largest absolute Gasteiger partial charge is 0.387 e. The van der Waals surface area contributed by atoms with Crippen molar-refractivity contribution in [3.8, 4) is 0 Å². The zero-order chi connectivity index (χ0) is 15.3. The van der Waals surface area contributed by atoms with E-state index in [9.17, 15) is 5.11 Å². The minimum atomic E-state index is -0.734. The molecule has 2 aliphatic heterocycles. The second-order valence-electron chi connectivity index (χ2n) is 5.70. The van der Waals surface area contributed by atoms with Crippen molar-refractivity contribution in [1.29, 1.82) is 0 Å². The van der Waals surface area contributed by atoms with Gasteiger partial charge in [0.05, 0.1) is 12.1 Å². The Morgan fingerprint density at radius 3 is 3.17 bits per heavy atom. The van der Waals surface area contributed by atoms with E-state index in [-0.39, 0.29) is 44.0 Å². The second-order valence-corrected chi connectivity index (χ2v) is 6.79. The molecule has 127 valence electrons. The van der Waals surface area contributed by atoms with Crippen LogP contribution in [0.5, 0.6) is 0 Å². The maximum absolute atomic E-state index is 10.8. The number of aliphatic imine (C=N–C) groups is 1. The molecule has 1 aromatic heterocycles. The van der Waals surface area contributed by atoms with E-state index in [1.54, 1.807) is 29.8 Å². The van der Waals surface area contributed by atoms with Gasteiger partial charge in [0.1, 0.15) is 23.2 Å². The zero-order valence-electron chi connectivity index (χ0n) is 12.7. The van der Waals surface area contributed by atoms with Crippen molar-refractivity contribution in [3.05, 3.63) is 12.4 Å². The van der Waals surface area contributed by atoms with Gasteiger partial charge < -0.3 is 31.2 Å². The summed E-state index contributed by atoms with van der Waals surface area (Å²) in [5.74, 6) is 0. The number of aromatic nitrogens is 3. The van der Waals surface area contributed by atoms with Gasteiger partial charge in [-0.15, -0.1) is 11.4 Å². The molecule has 23 heavy (non-hydrogen) atoms. The summed E-state index contributed by atoms with van der Waals surface area (Å²) in [6.07, 6.45) is 3.96. The van der Waals surface area contributed by atoms with Gasteiger partial charge in [-0.05, 0) is 6.92 Å². The van der Waals surface area contributed by atoms with Crippen molar-refractivity contribution in [2.45, 2.75) is 48.7 Å². The fourth-order valence-corrected chi connectivity index (χ4v) is 4.60. The van der Waals surface area contributed by atoms with E-state index < -0.39 is 11.7 Å². The smallest absolute Gasteiger partial charge is 0.159 e. The molecule has 4 rings (SSSR count). The van der Waals surface area contributed by atoms with E-state index >= 15 is 0 Å². The summed E-state index contributed by atoms with van der Waals surface area (Å²) in [6.45, 7) is 2.69. The molecule has 2 unspecified atom stereocenters. The summed E-state index contributed by atoms with van der Waals surface area (Å²) < 4.78 is 13.5. The van der Waals surface area contributed by atoms with Crippen LogP contribution in [0, 0.1) is 6.20 Å². The number of hydrogen-bond acceptors (Lipinski definition) is 7. The first-order valence-electron chi connectivity index (χ1n) is 7.34. The monoisotopic (exact) mass is 511 g/mol. The third-order valence-electron chi connectivity index (χ3n) is 4.52. The van der Waals surface area contributed by atoms with Crippen LogP contribution in [0.3, 0.4) is 0 Å². The van der Waals surface area contributed by atoms with E-state index in [0.717, 1.165) is 5.17 Å². The summed E-state index contributed by atoms with van der Waals surface area (Å²) in [5.41, 5.74) is -0.796. The summed E-state index contributed by atoms with van der Waals surface area (Å²) in [6, 6.07) is -0.142. The first kappa shape index (κ1) is 17.3. The standard InChI is InChI=1S/C13H18N5O3S.Re/c1-3-14-12-16-8-9(20-2)10(19)13(21-11(8)22-12)6-7(13)18-5-4-15-17-18;/h5,7-11,19H,3,6H2,1-2H3,(H,14,16);/q-1;/t7?,8-,9-,10+,11-,13?;/m1./s1. The molecule has 2 N–H and O–H groups in total. The predicted molar refractivity (Wildman–Crippen MR) is 79.4 cm³/mol. The SMILES string of the molecule is CCN=C1N[C@@H]2[C@@H](OC)[C@H](O)C3(CC3n3c[c-]nn3)O[C@@H]2S1.[Re]. The number of nitrogens with one attached hydrogen (secondary N) is 1. The Morgan fingerprint density at radius 1 is 1.70 bits per heavy atom. The fraction of sp³-hybridized carbons (Fsp3) is 0.769. The Balaban J connectivity index is 0.00000156. The van der Waals surface area contributed by atoms with Crippen LogP contribution in [0.4, 0.5) is 0 Å². The van der Waals surface area contributed by atoms with E-state index in [0.29, 0.717) is 13.0 Å². The molecule has 1 aromatic rings. The van der Waals surface area contributed by atoms with Gasteiger partial charge in [0, 0.05) is 40.5 Å². The number of aliphatic hydroxyl groups excluding tert-OH is 1. The van der Waals surface area contributed by atoms with Crippen molar-refractivity contribution in [3.63, 3.8) is 0 Å². The average molecular weight is 511 g/mol. The number of hydrogen-bond donors (Lipinski definition) is 2. The van der Waals surface area contributed by atoms with Crippen LogP contribution in [0.2, 0.25) is 0 Å². The fourth-order valence-electron chi connectivity index (χ4n) is 3.37. The molecular formula is C13H18N5O3ReS-. The Labute approximate surface area is 152 Å². The third-order valence-corrected chi connectivity index (χ3v) is 5.61. The number of thioether (sulfide) groups is 1. The number of aliphatic hydroxyl groups is 1. The van der Waals surface area contributed by atoms with Gasteiger partial charge in [-0.1, -0.05) is 11.8 Å². The van der Waals surface area contributed by atoms with E-state index in [4.69, 9.17) is 9.47 Å². The van der Waals surface area contributed by atoms with Gasteiger partial charge in [-0.25, -0.2) is 0 Å². The van der Waals surface area contributed by atoms with Crippen molar-refractivity contribution < 1.29 is 35.0 Å². The zero-order valence-corrected chi connectivity index (χ0v) is 16.2. The molecule has 0 aromatic carbocycles. The average Bonchev–Trinajstić information content (AvgIpc) is 2.89. The predicted octanol–water partition coefficient (Wildman–Crippen LogP) is -0.428. The molecule has 10 heteroatoms. The van der Waals surface area contributed by atoms with Crippen molar-refractivity contribution >= 4 is 16.9 Å². The molecule has 0 amide bonds. The van der Waals surface area contributed by atoms with Gasteiger partial charge >= 0.3 is 0 Å². The minimum Gasteiger partial charge on any atom is -0.387 e. The maximum atomic E-state index is 10.8. The van der Waals surface area contributed by atoms with Crippen molar-refractivity contribution in [2.24, 2.45) is 4.99 Å². The van der Waals surface area contributed by atoms with Crippen molar-refractivity contribution in [2.75, 3.05) is 13.7 Å². The van der Waals surface area contributed by atoms with Gasteiger partial charge in [0.25, 0.3) is 0 Å². The number of nitrogens with zero attached hydrogens (tertiary/aromatic N) is 4. The molecule has 1 aliphatic carbocycles. The topological polar surface area (TPSA) is 93.8 Å². The Morgan fingerprint density at radius 2 is 2.52 bits per heavy atom. The molecule has 2 saturated heterocycles. The molecule has 3 heterocycles. The first-order valence-corrected chi connectivity index (χ1v) is 8.21. The molecule has 3 aliphatic rings.